The summed E-state index contributed by atoms with van der Waals surface area (Å²) in [6.45, 7) is 8.21. The molecule has 1 saturated carbocycles. The maximum absolute atomic E-state index is 12.2. The molecule has 7 nitrogen and oxygen atoms in total. The van der Waals surface area contributed by atoms with Crippen molar-refractivity contribution in [3.05, 3.63) is 35.4 Å². The van der Waals surface area contributed by atoms with E-state index in [0.717, 1.165) is 18.4 Å². The van der Waals surface area contributed by atoms with Crippen LogP contribution in [0.5, 0.6) is 0 Å². The van der Waals surface area contributed by atoms with Gasteiger partial charge in [-0.05, 0) is 49.8 Å². The molecule has 0 aromatic heterocycles. The van der Waals surface area contributed by atoms with Crippen LogP contribution in [0, 0.1) is 11.8 Å². The van der Waals surface area contributed by atoms with Crippen LogP contribution in [0.15, 0.2) is 24.3 Å². The molecule has 0 unspecified atom stereocenters. The van der Waals surface area contributed by atoms with E-state index in [4.69, 9.17) is 4.74 Å². The van der Waals surface area contributed by atoms with Gasteiger partial charge in [-0.1, -0.05) is 38.8 Å². The quantitative estimate of drug-likeness (QED) is 0.610. The monoisotopic (exact) mass is 403 g/mol. The second-order valence-corrected chi connectivity index (χ2v) is 8.20. The lowest BCUT2D eigenvalue weighted by Crippen LogP contribution is -2.45. The van der Waals surface area contributed by atoms with Crippen molar-refractivity contribution in [1.82, 2.24) is 16.0 Å². The predicted molar refractivity (Wildman–Crippen MR) is 111 cm³/mol. The van der Waals surface area contributed by atoms with Crippen molar-refractivity contribution in [2.75, 3.05) is 6.61 Å². The summed E-state index contributed by atoms with van der Waals surface area (Å²) in [5, 5.41) is 8.48. The highest BCUT2D eigenvalue weighted by Crippen LogP contribution is 2.29. The summed E-state index contributed by atoms with van der Waals surface area (Å²) >= 11 is 0. The third-order valence-corrected chi connectivity index (χ3v) is 5.45. The van der Waals surface area contributed by atoms with E-state index in [1.54, 1.807) is 24.3 Å². The molecule has 160 valence electrons. The maximum Gasteiger partial charge on any atom is 0.338 e. The SMILES string of the molecule is CC(C)NC(=O)NCc1ccc(C(=O)OCC(=O)N[C@@H]2CCC[C@H](C)[C@H]2C)cc1. The van der Waals surface area contributed by atoms with Crippen LogP contribution in [-0.2, 0) is 16.1 Å². The number of benzene rings is 1. The van der Waals surface area contributed by atoms with E-state index in [-0.39, 0.29) is 30.6 Å². The summed E-state index contributed by atoms with van der Waals surface area (Å²) in [4.78, 5) is 35.9. The number of esters is 1. The minimum atomic E-state index is -0.540. The van der Waals surface area contributed by atoms with Crippen molar-refractivity contribution in [1.29, 1.82) is 0 Å². The van der Waals surface area contributed by atoms with Gasteiger partial charge >= 0.3 is 12.0 Å². The average molecular weight is 404 g/mol. The van der Waals surface area contributed by atoms with Crippen LogP contribution < -0.4 is 16.0 Å². The lowest BCUT2D eigenvalue weighted by Gasteiger charge is -2.34. The molecule has 29 heavy (non-hydrogen) atoms. The van der Waals surface area contributed by atoms with Crippen LogP contribution >= 0.6 is 0 Å². The van der Waals surface area contributed by atoms with E-state index in [1.807, 2.05) is 13.8 Å². The van der Waals surface area contributed by atoms with Crippen molar-refractivity contribution in [2.45, 2.75) is 65.6 Å². The van der Waals surface area contributed by atoms with Gasteiger partial charge in [0.1, 0.15) is 0 Å². The second-order valence-electron chi connectivity index (χ2n) is 8.20. The zero-order valence-electron chi connectivity index (χ0n) is 17.8. The number of urea groups is 1. The largest absolute Gasteiger partial charge is 0.452 e. The zero-order valence-corrected chi connectivity index (χ0v) is 17.8. The summed E-state index contributed by atoms with van der Waals surface area (Å²) in [6, 6.07) is 6.72. The summed E-state index contributed by atoms with van der Waals surface area (Å²) in [5.74, 6) is 0.205. The Hall–Kier alpha value is -2.57. The maximum atomic E-state index is 12.2. The average Bonchev–Trinajstić information content (AvgIpc) is 2.68. The molecule has 1 aliphatic carbocycles. The predicted octanol–water partition coefficient (Wildman–Crippen LogP) is 2.99. The van der Waals surface area contributed by atoms with Gasteiger partial charge in [0.25, 0.3) is 5.91 Å². The first-order valence-electron chi connectivity index (χ1n) is 10.4. The number of hydrogen-bond acceptors (Lipinski definition) is 4. The van der Waals surface area contributed by atoms with Gasteiger partial charge in [-0.25, -0.2) is 9.59 Å². The number of carbonyl (C=O) groups is 3. The molecular weight excluding hydrogens is 370 g/mol. The van der Waals surface area contributed by atoms with E-state index in [2.05, 4.69) is 29.8 Å². The van der Waals surface area contributed by atoms with Crippen molar-refractivity contribution in [3.8, 4) is 0 Å². The van der Waals surface area contributed by atoms with E-state index in [9.17, 15) is 14.4 Å². The molecule has 0 spiro atoms. The highest BCUT2D eigenvalue weighted by atomic mass is 16.5. The summed E-state index contributed by atoms with van der Waals surface area (Å²) in [6.07, 6.45) is 3.27. The van der Waals surface area contributed by atoms with E-state index < -0.39 is 5.97 Å². The minimum Gasteiger partial charge on any atom is -0.452 e. The molecule has 0 heterocycles. The van der Waals surface area contributed by atoms with Gasteiger partial charge in [-0.3, -0.25) is 4.79 Å². The fourth-order valence-electron chi connectivity index (χ4n) is 3.50. The Balaban J connectivity index is 1.76. The molecule has 0 saturated heterocycles. The standard InChI is InChI=1S/C22H33N3O4/c1-14(2)24-22(28)23-12-17-8-10-18(11-9-17)21(27)29-13-20(26)25-19-7-5-6-15(3)16(19)4/h8-11,14-16,19H,5-7,12-13H2,1-4H3,(H,25,26)(H2,23,24,28)/t15-,16+,19+/m0/s1. The van der Waals surface area contributed by atoms with Gasteiger partial charge in [-0.15, -0.1) is 0 Å². The third kappa shape index (κ3) is 7.40. The molecule has 2 rings (SSSR count). The number of rotatable bonds is 7. The van der Waals surface area contributed by atoms with Gasteiger partial charge < -0.3 is 20.7 Å². The minimum absolute atomic E-state index is 0.0640. The molecule has 3 atom stereocenters. The molecule has 3 amide bonds. The fourth-order valence-corrected chi connectivity index (χ4v) is 3.50. The second kappa shape index (κ2) is 10.8. The Morgan fingerprint density at radius 2 is 1.79 bits per heavy atom. The first-order valence-corrected chi connectivity index (χ1v) is 10.4. The highest BCUT2D eigenvalue weighted by molar-refractivity contribution is 5.91. The summed E-state index contributed by atoms with van der Waals surface area (Å²) in [7, 11) is 0. The Labute approximate surface area is 173 Å². The summed E-state index contributed by atoms with van der Waals surface area (Å²) in [5.41, 5.74) is 1.23. The van der Waals surface area contributed by atoms with E-state index in [1.165, 1.54) is 6.42 Å². The highest BCUT2D eigenvalue weighted by Gasteiger charge is 2.28. The lowest BCUT2D eigenvalue weighted by molar-refractivity contribution is -0.125. The molecule has 3 N–H and O–H groups in total. The summed E-state index contributed by atoms with van der Waals surface area (Å²) < 4.78 is 5.14. The topological polar surface area (TPSA) is 96.5 Å². The molecule has 1 fully saturated rings. The van der Waals surface area contributed by atoms with Crippen LogP contribution in [0.2, 0.25) is 0 Å². The van der Waals surface area contributed by atoms with Gasteiger partial charge in [0, 0.05) is 18.6 Å². The Morgan fingerprint density at radius 1 is 1.10 bits per heavy atom. The van der Waals surface area contributed by atoms with Crippen molar-refractivity contribution in [2.24, 2.45) is 11.8 Å². The van der Waals surface area contributed by atoms with Gasteiger partial charge in [-0.2, -0.15) is 0 Å². The van der Waals surface area contributed by atoms with Crippen molar-refractivity contribution in [3.63, 3.8) is 0 Å². The van der Waals surface area contributed by atoms with Crippen LogP contribution in [0.1, 0.15) is 62.9 Å². The molecule has 0 bridgehead atoms. The van der Waals surface area contributed by atoms with Crippen molar-refractivity contribution >= 4 is 17.9 Å². The Morgan fingerprint density at radius 3 is 2.45 bits per heavy atom. The third-order valence-electron chi connectivity index (χ3n) is 5.45. The van der Waals surface area contributed by atoms with Crippen LogP contribution in [0.25, 0.3) is 0 Å². The van der Waals surface area contributed by atoms with Crippen molar-refractivity contribution < 1.29 is 19.1 Å². The molecular formula is C22H33N3O4. The molecule has 0 aliphatic heterocycles. The Kier molecular flexibility index (Phi) is 8.49. The number of carbonyl (C=O) groups excluding carboxylic acids is 3. The number of amides is 3. The van der Waals surface area contributed by atoms with Gasteiger partial charge in [0.15, 0.2) is 6.61 Å². The fraction of sp³-hybridized carbons (Fsp3) is 0.591. The van der Waals surface area contributed by atoms with Gasteiger partial charge in [0.2, 0.25) is 0 Å². The normalized spacial score (nSPS) is 21.3. The molecule has 0 radical (unpaired) electrons. The number of hydrogen-bond donors (Lipinski definition) is 3. The van der Waals surface area contributed by atoms with Crippen LogP contribution in [0.3, 0.4) is 0 Å². The number of nitrogens with one attached hydrogen (secondary N) is 3. The smallest absolute Gasteiger partial charge is 0.338 e. The van der Waals surface area contributed by atoms with Gasteiger partial charge in [0.05, 0.1) is 5.56 Å². The zero-order chi connectivity index (χ0) is 21.4. The lowest BCUT2D eigenvalue weighted by atomic mass is 9.78. The van der Waals surface area contributed by atoms with Crippen LogP contribution in [0.4, 0.5) is 4.79 Å². The first kappa shape index (κ1) is 22.7. The molecule has 7 heteroatoms. The van der Waals surface area contributed by atoms with E-state index >= 15 is 0 Å². The Bertz CT molecular complexity index is 703. The number of ether oxygens (including phenoxy) is 1. The van der Waals surface area contributed by atoms with Crippen LogP contribution in [-0.4, -0.2) is 36.6 Å². The molecule has 1 aromatic carbocycles. The first-order chi connectivity index (χ1) is 13.8. The molecule has 1 aliphatic rings. The molecule has 1 aromatic rings. The van der Waals surface area contributed by atoms with E-state index in [0.29, 0.717) is 23.9 Å².